The van der Waals surface area contributed by atoms with Crippen molar-refractivity contribution < 1.29 is 4.74 Å². The van der Waals surface area contributed by atoms with Crippen molar-refractivity contribution in [2.24, 2.45) is 0 Å². The number of aromatic nitrogens is 2. The SMILES string of the molecule is Cc1c(C)c(C)c(N2C=CN(c3cccc(Oc4ccc5c6ccccc6n(-c6cc(C(C)(C)C)ccn6)c5c4)c3)C2)c(-c2ccccc2)c1C. The fraction of sp³-hybridized carbons (Fsp3) is 0.196. The van der Waals surface area contributed by atoms with Crippen molar-refractivity contribution in [3.8, 4) is 28.4 Å². The molecule has 8 rings (SSSR count). The number of rotatable bonds is 6. The topological polar surface area (TPSA) is 33.5 Å². The summed E-state index contributed by atoms with van der Waals surface area (Å²) in [7, 11) is 0. The first-order valence-corrected chi connectivity index (χ1v) is 17.7. The molecular weight excluding hydrogens is 625 g/mol. The molecule has 51 heavy (non-hydrogen) atoms. The average Bonchev–Trinajstić information content (AvgIpc) is 3.75. The number of para-hydroxylation sites is 1. The first kappa shape index (κ1) is 32.4. The molecule has 3 heterocycles. The van der Waals surface area contributed by atoms with Gasteiger partial charge in [0.25, 0.3) is 0 Å². The van der Waals surface area contributed by atoms with Gasteiger partial charge in [0.1, 0.15) is 17.3 Å². The van der Waals surface area contributed by atoms with Crippen molar-refractivity contribution in [2.45, 2.75) is 53.9 Å². The summed E-state index contributed by atoms with van der Waals surface area (Å²) in [5.74, 6) is 2.48. The number of hydrogen-bond acceptors (Lipinski definition) is 4. The van der Waals surface area contributed by atoms with Gasteiger partial charge in [0.05, 0.1) is 23.4 Å². The third-order valence-electron chi connectivity index (χ3n) is 10.6. The molecule has 0 atom stereocenters. The maximum atomic E-state index is 6.61. The second kappa shape index (κ2) is 12.5. The lowest BCUT2D eigenvalue weighted by Gasteiger charge is -2.29. The number of hydrogen-bond donors (Lipinski definition) is 0. The van der Waals surface area contributed by atoms with E-state index in [1.807, 2.05) is 12.3 Å². The van der Waals surface area contributed by atoms with Gasteiger partial charge in [0.15, 0.2) is 0 Å². The highest BCUT2D eigenvalue weighted by atomic mass is 16.5. The average molecular weight is 669 g/mol. The molecule has 0 fully saturated rings. The lowest BCUT2D eigenvalue weighted by Crippen LogP contribution is -2.26. The molecule has 5 aromatic carbocycles. The highest BCUT2D eigenvalue weighted by molar-refractivity contribution is 6.09. The van der Waals surface area contributed by atoms with Gasteiger partial charge in [-0.15, -0.1) is 0 Å². The fourth-order valence-corrected chi connectivity index (χ4v) is 7.47. The third kappa shape index (κ3) is 5.73. The van der Waals surface area contributed by atoms with Gasteiger partial charge in [-0.1, -0.05) is 75.4 Å². The van der Waals surface area contributed by atoms with Crippen LogP contribution in [0.25, 0.3) is 38.8 Å². The summed E-state index contributed by atoms with van der Waals surface area (Å²) >= 11 is 0. The molecule has 7 aromatic rings. The van der Waals surface area contributed by atoms with E-state index in [9.17, 15) is 0 Å². The Morgan fingerprint density at radius 2 is 1.31 bits per heavy atom. The molecule has 0 saturated heterocycles. The van der Waals surface area contributed by atoms with Crippen LogP contribution < -0.4 is 14.5 Å². The maximum absolute atomic E-state index is 6.61. The zero-order valence-corrected chi connectivity index (χ0v) is 30.5. The van der Waals surface area contributed by atoms with Gasteiger partial charge in [-0.3, -0.25) is 4.57 Å². The predicted octanol–water partition coefficient (Wildman–Crippen LogP) is 11.9. The van der Waals surface area contributed by atoms with E-state index in [1.54, 1.807) is 0 Å². The highest BCUT2D eigenvalue weighted by Crippen LogP contribution is 2.42. The van der Waals surface area contributed by atoms with E-state index in [4.69, 9.17) is 9.72 Å². The molecule has 0 aliphatic carbocycles. The Balaban J connectivity index is 1.11. The van der Waals surface area contributed by atoms with Gasteiger partial charge in [-0.2, -0.15) is 0 Å². The van der Waals surface area contributed by atoms with Crippen molar-refractivity contribution >= 4 is 33.2 Å². The van der Waals surface area contributed by atoms with Crippen molar-refractivity contribution in [2.75, 3.05) is 16.5 Å². The number of pyridine rings is 1. The van der Waals surface area contributed by atoms with Crippen LogP contribution in [0.15, 0.2) is 128 Å². The first-order chi connectivity index (χ1) is 24.6. The van der Waals surface area contributed by atoms with Crippen LogP contribution in [0, 0.1) is 27.7 Å². The number of fused-ring (bicyclic) bond motifs is 3. The first-order valence-electron chi connectivity index (χ1n) is 17.7. The van der Waals surface area contributed by atoms with Crippen LogP contribution >= 0.6 is 0 Å². The Morgan fingerprint density at radius 3 is 2.12 bits per heavy atom. The normalized spacial score (nSPS) is 13.2. The molecule has 5 nitrogen and oxygen atoms in total. The largest absolute Gasteiger partial charge is 0.457 e. The Kier molecular flexibility index (Phi) is 7.94. The molecule has 254 valence electrons. The molecule has 0 unspecified atom stereocenters. The molecule has 1 aliphatic heterocycles. The van der Waals surface area contributed by atoms with Crippen molar-refractivity contribution in [3.05, 3.63) is 156 Å². The van der Waals surface area contributed by atoms with E-state index in [-0.39, 0.29) is 5.41 Å². The van der Waals surface area contributed by atoms with E-state index < -0.39 is 0 Å². The molecule has 0 amide bonds. The number of benzene rings is 5. The van der Waals surface area contributed by atoms with Gasteiger partial charge in [0.2, 0.25) is 0 Å². The number of anilines is 2. The summed E-state index contributed by atoms with van der Waals surface area (Å²) in [6, 6.07) is 38.4. The standard InChI is InChI=1S/C46H44N4O/c1-30-31(2)33(4)45(44(32(30)3)34-14-9-8-10-15-34)49-25-24-48(29-49)36-16-13-17-37(27-36)51-38-20-21-40-39-18-11-12-19-41(39)50(42(40)28-38)43-26-35(22-23-47-43)46(5,6)7/h8-28H,29H2,1-7H3. The monoisotopic (exact) mass is 668 g/mol. The van der Waals surface area contributed by atoms with Crippen LogP contribution in [0.4, 0.5) is 11.4 Å². The van der Waals surface area contributed by atoms with Gasteiger partial charge in [-0.25, -0.2) is 4.98 Å². The van der Waals surface area contributed by atoms with Gasteiger partial charge < -0.3 is 14.5 Å². The van der Waals surface area contributed by atoms with Crippen LogP contribution in [0.5, 0.6) is 11.5 Å². The van der Waals surface area contributed by atoms with Gasteiger partial charge in [0, 0.05) is 52.8 Å². The van der Waals surface area contributed by atoms with Gasteiger partial charge in [-0.05, 0) is 109 Å². The van der Waals surface area contributed by atoms with Crippen molar-refractivity contribution in [1.29, 1.82) is 0 Å². The Bertz CT molecular complexity index is 2470. The third-order valence-corrected chi connectivity index (χ3v) is 10.6. The summed E-state index contributed by atoms with van der Waals surface area (Å²) in [4.78, 5) is 9.49. The van der Waals surface area contributed by atoms with Crippen LogP contribution in [0.1, 0.15) is 48.6 Å². The molecule has 2 aromatic heterocycles. The maximum Gasteiger partial charge on any atom is 0.137 e. The lowest BCUT2D eigenvalue weighted by molar-refractivity contribution is 0.483. The smallest absolute Gasteiger partial charge is 0.137 e. The van der Waals surface area contributed by atoms with Crippen LogP contribution in [-0.4, -0.2) is 16.2 Å². The number of ether oxygens (including phenoxy) is 1. The Morgan fingerprint density at radius 1 is 0.608 bits per heavy atom. The quantitative estimate of drug-likeness (QED) is 0.177. The summed E-state index contributed by atoms with van der Waals surface area (Å²) in [5, 5.41) is 2.36. The van der Waals surface area contributed by atoms with Crippen molar-refractivity contribution in [1.82, 2.24) is 9.55 Å². The molecule has 0 N–H and O–H groups in total. The zero-order valence-electron chi connectivity index (χ0n) is 30.5. The summed E-state index contributed by atoms with van der Waals surface area (Å²) in [6.45, 7) is 16.4. The van der Waals surface area contributed by atoms with E-state index >= 15 is 0 Å². The predicted molar refractivity (Wildman–Crippen MR) is 214 cm³/mol. The molecule has 0 spiro atoms. The van der Waals surface area contributed by atoms with Gasteiger partial charge >= 0.3 is 0 Å². The summed E-state index contributed by atoms with van der Waals surface area (Å²) < 4.78 is 8.86. The van der Waals surface area contributed by atoms with E-state index in [1.165, 1.54) is 55.4 Å². The molecule has 0 bridgehead atoms. The van der Waals surface area contributed by atoms with Crippen LogP contribution in [-0.2, 0) is 5.41 Å². The molecule has 1 aliphatic rings. The minimum Gasteiger partial charge on any atom is -0.457 e. The molecule has 0 radical (unpaired) electrons. The van der Waals surface area contributed by atoms with Crippen LogP contribution in [0.3, 0.4) is 0 Å². The van der Waals surface area contributed by atoms with E-state index in [0.717, 1.165) is 34.0 Å². The fourth-order valence-electron chi connectivity index (χ4n) is 7.47. The summed E-state index contributed by atoms with van der Waals surface area (Å²) in [6.07, 6.45) is 6.29. The number of nitrogens with zero attached hydrogens (tertiary/aromatic N) is 4. The second-order valence-corrected chi connectivity index (χ2v) is 14.8. The van der Waals surface area contributed by atoms with Crippen molar-refractivity contribution in [3.63, 3.8) is 0 Å². The molecule has 0 saturated carbocycles. The summed E-state index contributed by atoms with van der Waals surface area (Å²) in [5.41, 5.74) is 13.7. The molecular formula is C46H44N4O. The highest BCUT2D eigenvalue weighted by Gasteiger charge is 2.25. The Labute approximate surface area is 301 Å². The van der Waals surface area contributed by atoms with E-state index in [2.05, 4.69) is 178 Å². The molecule has 5 heteroatoms. The Hall–Kier alpha value is -5.81. The minimum atomic E-state index is 0.0122. The zero-order chi connectivity index (χ0) is 35.4. The minimum absolute atomic E-state index is 0.0122. The van der Waals surface area contributed by atoms with E-state index in [0.29, 0.717) is 6.67 Å². The second-order valence-electron chi connectivity index (χ2n) is 14.8. The lowest BCUT2D eigenvalue weighted by atomic mass is 9.88. The van der Waals surface area contributed by atoms with Crippen LogP contribution in [0.2, 0.25) is 0 Å².